The highest BCUT2D eigenvalue weighted by atomic mass is 16.3. The lowest BCUT2D eigenvalue weighted by molar-refractivity contribution is 0.0964. The number of fused-ring (bicyclic) bond motifs is 1. The van der Waals surface area contributed by atoms with Crippen molar-refractivity contribution in [3.63, 3.8) is 0 Å². The first-order valence-electron chi connectivity index (χ1n) is 6.16. The van der Waals surface area contributed by atoms with Crippen LogP contribution in [0.15, 0.2) is 53.1 Å². The highest BCUT2D eigenvalue weighted by Crippen LogP contribution is 2.15. The van der Waals surface area contributed by atoms with Gasteiger partial charge >= 0.3 is 0 Å². The number of rotatable bonds is 3. The molecule has 0 amide bonds. The maximum Gasteiger partial charge on any atom is 0.204 e. The molecule has 94 valence electrons. The Hall–Kier alpha value is -2.42. The van der Waals surface area contributed by atoms with Gasteiger partial charge in [-0.05, 0) is 30.7 Å². The average molecular weight is 251 g/mol. The predicted molar refractivity (Wildman–Crippen MR) is 73.2 cm³/mol. The van der Waals surface area contributed by atoms with Crippen molar-refractivity contribution in [1.29, 1.82) is 0 Å². The van der Waals surface area contributed by atoms with E-state index in [0.717, 1.165) is 22.2 Å². The second-order valence-corrected chi connectivity index (χ2v) is 4.53. The van der Waals surface area contributed by atoms with E-state index in [1.807, 2.05) is 43.3 Å². The second-order valence-electron chi connectivity index (χ2n) is 4.53. The number of aryl methyl sites for hydroxylation is 1. The van der Waals surface area contributed by atoms with Crippen molar-refractivity contribution in [2.75, 3.05) is 0 Å². The van der Waals surface area contributed by atoms with Crippen LogP contribution in [0.4, 0.5) is 0 Å². The van der Waals surface area contributed by atoms with Crippen molar-refractivity contribution < 1.29 is 9.21 Å². The molecule has 0 aliphatic carbocycles. The number of Topliss-reactive ketones (excluding diaryl/α,β-unsaturated/α-hetero) is 1. The van der Waals surface area contributed by atoms with Crippen LogP contribution >= 0.6 is 0 Å². The predicted octanol–water partition coefficient (Wildman–Crippen LogP) is 3.56. The molecule has 3 heteroatoms. The summed E-state index contributed by atoms with van der Waals surface area (Å²) in [6, 6.07) is 13.5. The molecule has 2 heterocycles. The van der Waals surface area contributed by atoms with Gasteiger partial charge in [-0.1, -0.05) is 24.3 Å². The summed E-state index contributed by atoms with van der Waals surface area (Å²) >= 11 is 0. The lowest BCUT2D eigenvalue weighted by Crippen LogP contribution is -2.05. The summed E-state index contributed by atoms with van der Waals surface area (Å²) in [4.78, 5) is 16.6. The molecular weight excluding hydrogens is 238 g/mol. The Balaban J connectivity index is 1.89. The van der Waals surface area contributed by atoms with Gasteiger partial charge in [0.2, 0.25) is 5.78 Å². The molecular formula is C16H13NO2. The summed E-state index contributed by atoms with van der Waals surface area (Å²) < 4.78 is 5.21. The fourth-order valence-corrected chi connectivity index (χ4v) is 2.11. The summed E-state index contributed by atoms with van der Waals surface area (Å²) in [7, 11) is 0. The van der Waals surface area contributed by atoms with Crippen LogP contribution in [0.3, 0.4) is 0 Å². The van der Waals surface area contributed by atoms with E-state index in [2.05, 4.69) is 4.98 Å². The zero-order valence-corrected chi connectivity index (χ0v) is 10.6. The fraction of sp³-hybridized carbons (Fsp3) is 0.125. The molecule has 0 atom stereocenters. The highest BCUT2D eigenvalue weighted by molar-refractivity contribution is 5.96. The average Bonchev–Trinajstić information content (AvgIpc) is 2.85. The molecule has 0 aliphatic heterocycles. The number of benzene rings is 1. The number of para-hydroxylation sites is 1. The Bertz CT molecular complexity index is 743. The summed E-state index contributed by atoms with van der Waals surface area (Å²) in [5.74, 6) is 0.389. The summed E-state index contributed by atoms with van der Waals surface area (Å²) in [5, 5.41) is 1.08. The number of hydrogen-bond acceptors (Lipinski definition) is 3. The molecule has 0 unspecified atom stereocenters. The number of carbonyl (C=O) groups is 1. The van der Waals surface area contributed by atoms with Crippen molar-refractivity contribution >= 4 is 16.7 Å². The van der Waals surface area contributed by atoms with Crippen LogP contribution in [0, 0.1) is 6.92 Å². The van der Waals surface area contributed by atoms with Gasteiger partial charge < -0.3 is 4.42 Å². The third-order valence-electron chi connectivity index (χ3n) is 3.11. The molecule has 0 saturated heterocycles. The zero-order valence-electron chi connectivity index (χ0n) is 10.6. The minimum absolute atomic E-state index is 0.0368. The van der Waals surface area contributed by atoms with Gasteiger partial charge in [0.05, 0.1) is 18.2 Å². The second kappa shape index (κ2) is 4.69. The number of pyridine rings is 1. The van der Waals surface area contributed by atoms with Gasteiger partial charge in [-0.2, -0.15) is 0 Å². The van der Waals surface area contributed by atoms with Gasteiger partial charge in [-0.3, -0.25) is 9.78 Å². The minimum Gasteiger partial charge on any atom is -0.461 e. The molecule has 2 aromatic heterocycles. The van der Waals surface area contributed by atoms with Crippen LogP contribution in [0.5, 0.6) is 0 Å². The smallest absolute Gasteiger partial charge is 0.204 e. The molecule has 0 aliphatic rings. The van der Waals surface area contributed by atoms with Gasteiger partial charge in [-0.15, -0.1) is 0 Å². The molecule has 3 nitrogen and oxygen atoms in total. The fourth-order valence-electron chi connectivity index (χ4n) is 2.11. The molecule has 0 fully saturated rings. The molecule has 0 saturated carbocycles. The Morgan fingerprint density at radius 2 is 2.00 bits per heavy atom. The summed E-state index contributed by atoms with van der Waals surface area (Å²) in [6.07, 6.45) is 1.80. The van der Waals surface area contributed by atoms with E-state index in [1.54, 1.807) is 6.07 Å². The lowest BCUT2D eigenvalue weighted by atomic mass is 10.1. The van der Waals surface area contributed by atoms with E-state index >= 15 is 0 Å². The Morgan fingerprint density at radius 3 is 2.79 bits per heavy atom. The first-order valence-corrected chi connectivity index (χ1v) is 6.16. The van der Waals surface area contributed by atoms with E-state index in [-0.39, 0.29) is 12.2 Å². The van der Waals surface area contributed by atoms with Crippen LogP contribution in [-0.2, 0) is 6.42 Å². The van der Waals surface area contributed by atoms with E-state index in [9.17, 15) is 4.79 Å². The Morgan fingerprint density at radius 1 is 1.16 bits per heavy atom. The Labute approximate surface area is 110 Å². The van der Waals surface area contributed by atoms with Crippen LogP contribution < -0.4 is 0 Å². The highest BCUT2D eigenvalue weighted by Gasteiger charge is 2.14. The molecule has 1 aromatic carbocycles. The number of hydrogen-bond donors (Lipinski definition) is 0. The largest absolute Gasteiger partial charge is 0.461 e. The molecule has 3 rings (SSSR count). The van der Waals surface area contributed by atoms with Crippen LogP contribution in [0.2, 0.25) is 0 Å². The van der Waals surface area contributed by atoms with E-state index in [4.69, 9.17) is 4.42 Å². The van der Waals surface area contributed by atoms with Crippen LogP contribution in [0.25, 0.3) is 10.9 Å². The van der Waals surface area contributed by atoms with Crippen molar-refractivity contribution in [2.24, 2.45) is 0 Å². The lowest BCUT2D eigenvalue weighted by Gasteiger charge is -2.02. The first kappa shape index (κ1) is 11.7. The number of nitrogens with zero attached hydrogens (tertiary/aromatic N) is 1. The SMILES string of the molecule is Cc1ccoc1C(=O)Cc1ccc2ccccc2n1. The minimum atomic E-state index is -0.0368. The Kier molecular flexibility index (Phi) is 2.88. The molecule has 3 aromatic rings. The maximum atomic E-state index is 12.1. The van der Waals surface area contributed by atoms with Gasteiger partial charge in [0.15, 0.2) is 5.76 Å². The topological polar surface area (TPSA) is 43.1 Å². The number of aromatic nitrogens is 1. The van der Waals surface area contributed by atoms with Crippen molar-refractivity contribution in [3.05, 3.63) is 65.7 Å². The quantitative estimate of drug-likeness (QED) is 0.668. The maximum absolute atomic E-state index is 12.1. The van der Waals surface area contributed by atoms with Crippen molar-refractivity contribution in [1.82, 2.24) is 4.98 Å². The van der Waals surface area contributed by atoms with Crippen LogP contribution in [-0.4, -0.2) is 10.8 Å². The molecule has 19 heavy (non-hydrogen) atoms. The first-order chi connectivity index (χ1) is 9.24. The van der Waals surface area contributed by atoms with Gasteiger partial charge in [0.1, 0.15) is 0 Å². The standard InChI is InChI=1S/C16H13NO2/c1-11-8-9-19-16(11)15(18)10-13-7-6-12-4-2-3-5-14(12)17-13/h2-9H,10H2,1H3. The number of furan rings is 1. The van der Waals surface area contributed by atoms with E-state index in [1.165, 1.54) is 6.26 Å². The number of carbonyl (C=O) groups excluding carboxylic acids is 1. The van der Waals surface area contributed by atoms with E-state index < -0.39 is 0 Å². The van der Waals surface area contributed by atoms with Crippen LogP contribution in [0.1, 0.15) is 21.8 Å². The van der Waals surface area contributed by atoms with Crippen molar-refractivity contribution in [3.8, 4) is 0 Å². The monoisotopic (exact) mass is 251 g/mol. The molecule has 0 bridgehead atoms. The number of ketones is 1. The third-order valence-corrected chi connectivity index (χ3v) is 3.11. The van der Waals surface area contributed by atoms with E-state index in [0.29, 0.717) is 5.76 Å². The molecule has 0 radical (unpaired) electrons. The van der Waals surface area contributed by atoms with Gasteiger partial charge in [0.25, 0.3) is 0 Å². The normalized spacial score (nSPS) is 10.8. The van der Waals surface area contributed by atoms with Gasteiger partial charge in [0, 0.05) is 11.1 Å². The summed E-state index contributed by atoms with van der Waals surface area (Å²) in [5.41, 5.74) is 2.54. The molecule has 0 spiro atoms. The zero-order chi connectivity index (χ0) is 13.2. The molecule has 0 N–H and O–H groups in total. The third kappa shape index (κ3) is 2.27. The van der Waals surface area contributed by atoms with Crippen molar-refractivity contribution in [2.45, 2.75) is 13.3 Å². The van der Waals surface area contributed by atoms with Gasteiger partial charge in [-0.25, -0.2) is 0 Å². The summed E-state index contributed by atoms with van der Waals surface area (Å²) in [6.45, 7) is 1.87.